The normalized spacial score (nSPS) is 13.1. The van der Waals surface area contributed by atoms with Gasteiger partial charge in [-0.25, -0.2) is 19.9 Å². The zero-order valence-electron chi connectivity index (χ0n) is 54.2. The fourth-order valence-electron chi connectivity index (χ4n) is 13.4. The van der Waals surface area contributed by atoms with E-state index in [1.165, 1.54) is 97.1 Å². The van der Waals surface area contributed by atoms with Crippen LogP contribution in [0.3, 0.4) is 0 Å². The molecule has 520 valence electrons. The van der Waals surface area contributed by atoms with Crippen molar-refractivity contribution < 1.29 is 64.9 Å². The highest BCUT2D eigenvalue weighted by molar-refractivity contribution is 7.86. The predicted molar refractivity (Wildman–Crippen MR) is 403 cm³/mol. The number of H-pyrrole nitrogens is 4. The Labute approximate surface area is 598 Å². The predicted octanol–water partition coefficient (Wildman–Crippen LogP) is 15.8. The first kappa shape index (κ1) is 67.6. The summed E-state index contributed by atoms with van der Waals surface area (Å²) in [4.78, 5) is 34.3. The van der Waals surface area contributed by atoms with E-state index in [1.807, 2.05) is 67.6 Å². The van der Waals surface area contributed by atoms with Gasteiger partial charge in [-0.1, -0.05) is 90.5 Å². The molecule has 4 aliphatic heterocycles. The lowest BCUT2D eigenvalue weighted by Gasteiger charge is -2.09. The lowest BCUT2D eigenvalue weighted by Crippen LogP contribution is -1.98. The Morgan fingerprint density at radius 2 is 0.352 bits per heavy atom. The number of hydrogen-bond acceptors (Lipinski definition) is 14. The van der Waals surface area contributed by atoms with Crippen LogP contribution < -0.4 is 0 Å². The number of nitrogens with one attached hydrogen (secondary N) is 4. The maximum Gasteiger partial charge on any atom is 0.294 e. The van der Waals surface area contributed by atoms with Gasteiger partial charge in [0.25, 0.3) is 50.6 Å². The zero-order valence-corrected chi connectivity index (χ0v) is 58.3. The summed E-state index contributed by atoms with van der Waals surface area (Å²) < 4.78 is 177. The van der Waals surface area contributed by atoms with Gasteiger partial charge in [0.05, 0.1) is 70.0 Å². The summed E-state index contributed by atoms with van der Waals surface area (Å²) in [6, 6.07) is 50.3. The molecule has 6 aromatic heterocycles. The molecule has 0 spiro atoms. The Morgan fingerprint density at radius 3 is 0.514 bits per heavy atom. The molecule has 23 nitrogen and oxygen atoms in total. The van der Waals surface area contributed by atoms with Gasteiger partial charge < -0.3 is 19.9 Å². The van der Waals surface area contributed by atoms with Crippen LogP contribution in [0, 0.1) is 6.92 Å². The number of hydrogen-bond donors (Lipinski definition) is 9. The van der Waals surface area contributed by atoms with Gasteiger partial charge in [0.1, 0.15) is 0 Å². The van der Waals surface area contributed by atoms with Crippen molar-refractivity contribution in [1.82, 2.24) is 39.9 Å². The van der Waals surface area contributed by atoms with Gasteiger partial charge in [-0.3, -0.25) is 22.8 Å². The third-order valence-corrected chi connectivity index (χ3v) is 22.6. The molecule has 0 amide bonds. The minimum atomic E-state index is -4.69. The number of rotatable bonds is 12. The van der Waals surface area contributed by atoms with E-state index in [4.69, 9.17) is 19.9 Å². The first-order valence-electron chi connectivity index (χ1n) is 31.9. The number of fused-ring (bicyclic) bond motifs is 16. The number of aromatic amines is 4. The third kappa shape index (κ3) is 12.7. The molecule has 0 aliphatic carbocycles. The lowest BCUT2D eigenvalue weighted by atomic mass is 10.0. The van der Waals surface area contributed by atoms with Gasteiger partial charge in [0.15, 0.2) is 0 Å². The first-order chi connectivity index (χ1) is 50.0. The molecular formula is C77H52N8O15S5. The molecule has 0 saturated carbocycles. The second-order valence-corrected chi connectivity index (χ2v) is 32.0. The molecule has 0 saturated heterocycles. The zero-order chi connectivity index (χ0) is 73.2. The molecule has 4 aliphatic rings. The maximum absolute atomic E-state index is 12.6. The SMILES string of the molecule is Cc1ccc(-c2c3nc(c(-c4ccc(S(=O)(=O)O)cc4)c4ccc([nH]4)c(-c4c5nc(c(-c6ccc(S(=O)(=O)O)cc6)c6ccc([nH]6)c(-c6ccc(S(=O)(=O)O)cc6)c6nc(c(-c7ccc(S(=O)(=O)O)cc7)c7ccc4[nH]7)C=C6)C=C5)c4nc(c(-c5ccc(S(=O)(=O)O)cc5)c5ccc2[nH]5)C=C4)C=C3)cc1. The highest BCUT2D eigenvalue weighted by atomic mass is 32.2. The summed E-state index contributed by atoms with van der Waals surface area (Å²) in [7, 11) is -23.3. The van der Waals surface area contributed by atoms with E-state index in [0.29, 0.717) is 162 Å². The van der Waals surface area contributed by atoms with Crippen molar-refractivity contribution in [2.75, 3.05) is 0 Å². The Morgan fingerprint density at radius 1 is 0.210 bits per heavy atom. The number of benzene rings is 6. The molecule has 10 heterocycles. The van der Waals surface area contributed by atoms with Crippen molar-refractivity contribution >= 4 is 143 Å². The molecule has 0 atom stereocenters. The van der Waals surface area contributed by atoms with Crippen LogP contribution in [0.25, 0.3) is 171 Å². The monoisotopic (exact) mass is 1490 g/mol. The van der Waals surface area contributed by atoms with E-state index >= 15 is 0 Å². The Bertz CT molecular complexity index is 6720. The summed E-state index contributed by atoms with van der Waals surface area (Å²) in [5.41, 5.74) is 14.4. The lowest BCUT2D eigenvalue weighted by molar-refractivity contribution is 0.481. The highest BCUT2D eigenvalue weighted by Crippen LogP contribution is 2.44. The van der Waals surface area contributed by atoms with Crippen molar-refractivity contribution in [3.8, 4) is 77.9 Å². The van der Waals surface area contributed by atoms with Crippen LogP contribution in [0.1, 0.15) is 51.1 Å². The van der Waals surface area contributed by atoms with Crippen molar-refractivity contribution in [1.29, 1.82) is 0 Å². The van der Waals surface area contributed by atoms with Crippen LogP contribution in [0.5, 0.6) is 0 Å². The second-order valence-electron chi connectivity index (χ2n) is 24.9. The minimum absolute atomic E-state index is 0.305. The molecule has 12 aromatic rings. The van der Waals surface area contributed by atoms with E-state index in [1.54, 1.807) is 85.0 Å². The Kier molecular flexibility index (Phi) is 16.2. The van der Waals surface area contributed by atoms with Crippen LogP contribution in [0.4, 0.5) is 0 Å². The summed E-state index contributed by atoms with van der Waals surface area (Å²) in [6.07, 6.45) is 14.3. The molecule has 0 fully saturated rings. The van der Waals surface area contributed by atoms with Crippen molar-refractivity contribution in [3.05, 3.63) is 245 Å². The molecule has 105 heavy (non-hydrogen) atoms. The average Bonchev–Trinajstić information content (AvgIpc) is 1.60. The molecular weight excluding hydrogens is 1440 g/mol. The fourth-order valence-corrected chi connectivity index (χ4v) is 15.8. The van der Waals surface area contributed by atoms with Crippen molar-refractivity contribution in [2.24, 2.45) is 0 Å². The Hall–Kier alpha value is -11.9. The largest absolute Gasteiger partial charge is 0.354 e. The van der Waals surface area contributed by atoms with E-state index in [2.05, 4.69) is 19.9 Å². The standard InChI is InChI=1S/C77H52N8O15S5/c1-42-2-4-43(5-3-42)70-54-26-28-58(78-54)72(45-8-18-50(19-9-45)102(89,90)91)62-34-38-66(82-62)76(67-39-35-63(83-67)73(59-29-27-55(70)79-59)46-10-20-51(21-11-46)103(92,93)94)77-68-40-36-64(84-68)74(47-12-22-52(23-13-47)104(95,96)97)60-32-30-56(80-60)71(44-6-16-49(17-7-44)101(86,87)88)57-31-33-61(81-57)75(65-37-41-69(77)85-65)48-14-24-53(25-15-48)105(98,99)100/h2-41,78,80,83,85H,1H3,(H,86,87,88)(H,89,90,91)(H,92,93,94)(H,95,96,97)(H,98,99,100). The highest BCUT2D eigenvalue weighted by Gasteiger charge is 2.26. The van der Waals surface area contributed by atoms with Gasteiger partial charge in [-0.15, -0.1) is 0 Å². The smallest absolute Gasteiger partial charge is 0.294 e. The van der Waals surface area contributed by atoms with Gasteiger partial charge in [-0.2, -0.15) is 42.1 Å². The van der Waals surface area contributed by atoms with Crippen LogP contribution in [0.2, 0.25) is 0 Å². The van der Waals surface area contributed by atoms with E-state index in [0.717, 1.165) is 11.1 Å². The maximum atomic E-state index is 12.6. The number of aromatic nitrogens is 8. The summed E-state index contributed by atoms with van der Waals surface area (Å²) in [5, 5.41) is 0. The molecule has 0 radical (unpaired) electrons. The Balaban J connectivity index is 1.08. The minimum Gasteiger partial charge on any atom is -0.354 e. The van der Waals surface area contributed by atoms with Gasteiger partial charge in [0, 0.05) is 88.6 Å². The van der Waals surface area contributed by atoms with Gasteiger partial charge >= 0.3 is 0 Å². The molecule has 16 rings (SSSR count). The van der Waals surface area contributed by atoms with Crippen LogP contribution in [-0.2, 0) is 50.6 Å². The summed E-state index contributed by atoms with van der Waals surface area (Å²) >= 11 is 0. The molecule has 9 N–H and O–H groups in total. The number of nitrogens with zero attached hydrogens (tertiary/aromatic N) is 4. The van der Waals surface area contributed by atoms with Gasteiger partial charge in [-0.05, 0) is 198 Å². The third-order valence-electron chi connectivity index (χ3n) is 18.3. The summed E-state index contributed by atoms with van der Waals surface area (Å²) in [6.45, 7) is 1.97. The summed E-state index contributed by atoms with van der Waals surface area (Å²) in [5.74, 6) is 0. The average molecular weight is 1490 g/mol. The molecule has 28 heteroatoms. The second kappa shape index (κ2) is 25.2. The van der Waals surface area contributed by atoms with Crippen LogP contribution in [0.15, 0.2) is 219 Å². The fraction of sp³-hybridized carbons (Fsp3) is 0.0130. The molecule has 6 aromatic carbocycles. The van der Waals surface area contributed by atoms with E-state index < -0.39 is 50.6 Å². The first-order valence-corrected chi connectivity index (χ1v) is 39.1. The molecule has 16 bridgehead atoms. The van der Waals surface area contributed by atoms with Gasteiger partial charge in [0.2, 0.25) is 0 Å². The quantitative estimate of drug-likeness (QED) is 0.0513. The van der Waals surface area contributed by atoms with Crippen LogP contribution in [-0.4, -0.2) is 105 Å². The van der Waals surface area contributed by atoms with Crippen molar-refractivity contribution in [2.45, 2.75) is 31.4 Å². The topological polar surface area (TPSA) is 387 Å². The number of aryl methyl sites for hydroxylation is 1. The van der Waals surface area contributed by atoms with Crippen molar-refractivity contribution in [3.63, 3.8) is 0 Å². The van der Waals surface area contributed by atoms with E-state index in [-0.39, 0.29) is 24.5 Å². The van der Waals surface area contributed by atoms with Crippen LogP contribution >= 0.6 is 0 Å². The van der Waals surface area contributed by atoms with E-state index in [9.17, 15) is 64.9 Å². The molecule has 0 unspecified atom stereocenters.